The van der Waals surface area contributed by atoms with Crippen LogP contribution in [0, 0.1) is 19.8 Å². The second-order valence-electron chi connectivity index (χ2n) is 19.3. The summed E-state index contributed by atoms with van der Waals surface area (Å²) in [6.07, 6.45) is 3.92. The van der Waals surface area contributed by atoms with Crippen molar-refractivity contribution in [2.45, 2.75) is 126 Å². The van der Waals surface area contributed by atoms with E-state index in [0.717, 1.165) is 15.9 Å². The lowest BCUT2D eigenvalue weighted by Gasteiger charge is -2.27. The summed E-state index contributed by atoms with van der Waals surface area (Å²) in [6, 6.07) is 14.2. The molecule has 0 aliphatic rings. The van der Waals surface area contributed by atoms with Crippen molar-refractivity contribution in [3.63, 3.8) is 0 Å². The SMILES string of the molecule is C.CC(C)N.COc1ccccc1[C@@H](O)Cn1c(=O)n(C(C)(C)C(=O)CC(C)C)c(=O)c2c(C)c(-n3nccn3)sc21.COc1ccccc1[C@@H](O)Cn1c(=O)n(C(C)(C)C(=O)O)c(=O)c2c(C)c(-n3nccn3)sc21. The average molecular weight is 1090 g/mol. The minimum atomic E-state index is -1.84. The van der Waals surface area contributed by atoms with E-state index in [-0.39, 0.29) is 54.2 Å². The van der Waals surface area contributed by atoms with E-state index in [1.54, 1.807) is 76.2 Å². The Balaban J connectivity index is 0.000000260. The summed E-state index contributed by atoms with van der Waals surface area (Å²) < 4.78 is 15.0. The zero-order chi connectivity index (χ0) is 55.4. The number of aromatic nitrogens is 10. The highest BCUT2D eigenvalue weighted by molar-refractivity contribution is 7.21. The van der Waals surface area contributed by atoms with Gasteiger partial charge in [-0.15, -0.1) is 9.59 Å². The number of aliphatic hydroxyl groups excluding tert-OH is 2. The van der Waals surface area contributed by atoms with Gasteiger partial charge in [0.05, 0.1) is 62.9 Å². The number of para-hydroxylation sites is 2. The molecule has 0 unspecified atom stereocenters. The highest BCUT2D eigenvalue weighted by atomic mass is 32.1. The number of thiophene rings is 2. The van der Waals surface area contributed by atoms with E-state index in [9.17, 15) is 44.1 Å². The molecule has 0 saturated heterocycles. The first-order valence-electron chi connectivity index (χ1n) is 23.8. The minimum Gasteiger partial charge on any atom is -0.496 e. The van der Waals surface area contributed by atoms with Gasteiger partial charge < -0.3 is 30.5 Å². The van der Waals surface area contributed by atoms with E-state index in [1.165, 1.54) is 82.9 Å². The van der Waals surface area contributed by atoms with Gasteiger partial charge >= 0.3 is 17.3 Å². The average Bonchev–Trinajstić information content (AvgIpc) is 4.19. The molecule has 0 amide bonds. The number of nitrogens with zero attached hydrogens (tertiary/aromatic N) is 10. The number of fused-ring (bicyclic) bond motifs is 2. The lowest BCUT2D eigenvalue weighted by atomic mass is 9.91. The van der Waals surface area contributed by atoms with Crippen molar-refractivity contribution < 1.29 is 34.4 Å². The number of ketones is 1. The molecule has 76 heavy (non-hydrogen) atoms. The molecule has 5 N–H and O–H groups in total. The molecule has 24 heteroatoms. The number of carboxylic acid groups (broad SMARTS) is 1. The Morgan fingerprint density at radius 2 is 0.987 bits per heavy atom. The van der Waals surface area contributed by atoms with Crippen LogP contribution in [0.5, 0.6) is 11.5 Å². The molecule has 0 radical (unpaired) electrons. The van der Waals surface area contributed by atoms with Crippen LogP contribution < -0.4 is 37.7 Å². The van der Waals surface area contributed by atoms with Crippen molar-refractivity contribution in [2.75, 3.05) is 14.2 Å². The second-order valence-corrected chi connectivity index (χ2v) is 21.3. The van der Waals surface area contributed by atoms with Crippen LogP contribution in [0.15, 0.2) is 92.5 Å². The molecule has 2 aromatic carbocycles. The molecule has 22 nitrogen and oxygen atoms in total. The first-order valence-corrected chi connectivity index (χ1v) is 25.4. The number of methoxy groups -OCH3 is 2. The summed E-state index contributed by atoms with van der Waals surface area (Å²) in [6.45, 7) is 16.5. The van der Waals surface area contributed by atoms with Crippen molar-refractivity contribution in [3.8, 4) is 21.5 Å². The Kier molecular flexibility index (Phi) is 18.9. The summed E-state index contributed by atoms with van der Waals surface area (Å²) in [4.78, 5) is 83.5. The van der Waals surface area contributed by atoms with Gasteiger partial charge in [-0.05, 0) is 65.6 Å². The van der Waals surface area contributed by atoms with E-state index in [1.807, 2.05) is 27.7 Å². The molecule has 0 aliphatic heterocycles. The highest BCUT2D eigenvalue weighted by Gasteiger charge is 2.37. The number of ether oxygens (including phenoxy) is 2. The second kappa shape index (κ2) is 24.1. The molecule has 0 fully saturated rings. The van der Waals surface area contributed by atoms with E-state index in [2.05, 4.69) is 20.4 Å². The fourth-order valence-corrected chi connectivity index (χ4v) is 10.7. The molecule has 408 valence electrons. The molecule has 8 rings (SSSR count). The number of carbonyl (C=O) groups excluding carboxylic acids is 1. The summed E-state index contributed by atoms with van der Waals surface area (Å²) in [5.41, 5.74) is 1.09. The summed E-state index contributed by atoms with van der Waals surface area (Å²) in [5, 5.41) is 50.1. The summed E-state index contributed by atoms with van der Waals surface area (Å²) in [5.74, 6) is -0.600. The van der Waals surface area contributed by atoms with Gasteiger partial charge in [-0.25, -0.2) is 23.5 Å². The fourth-order valence-electron chi connectivity index (χ4n) is 8.27. The van der Waals surface area contributed by atoms with Gasteiger partial charge in [0.1, 0.15) is 54.4 Å². The zero-order valence-corrected chi connectivity index (χ0v) is 45.5. The van der Waals surface area contributed by atoms with Gasteiger partial charge in [0, 0.05) is 28.7 Å². The van der Waals surface area contributed by atoms with Gasteiger partial charge in [-0.3, -0.25) is 23.5 Å². The molecule has 0 bridgehead atoms. The predicted octanol–water partition coefficient (Wildman–Crippen LogP) is 5.87. The first kappa shape index (κ1) is 59.5. The van der Waals surface area contributed by atoms with Gasteiger partial charge in [0.25, 0.3) is 11.1 Å². The number of aryl methyl sites for hydroxylation is 2. The molecular formula is C52H67N11O11S2. The Labute approximate surface area is 445 Å². The highest BCUT2D eigenvalue weighted by Crippen LogP contribution is 2.35. The standard InChI is InChI=1S/C26H31N5O5S.C22H23N5O6S.C3H9N.CH4/c1-15(2)13-20(33)26(4,5)30-22(34)21-16(3)23(31-27-11-12-28-31)37-24(21)29(25(30)35)14-18(32)17-9-7-8-10-19(17)36-6;1-12-16-17(29)26(22(2,3)20(30)31)21(32)25(19(16)34-18(12)27-23-9-10-24-27)11-14(28)13-7-5-6-8-15(13)33-4;1-3(2)4;/h7-12,15,18,32H,13-14H2,1-6H3;5-10,14,28H,11H2,1-4H3,(H,30,31);3H,4H2,1-2H3;1H4/t18-;14-;;/m00../s1. The lowest BCUT2D eigenvalue weighted by molar-refractivity contribution is -0.146. The van der Waals surface area contributed by atoms with E-state index in [4.69, 9.17) is 15.2 Å². The van der Waals surface area contributed by atoms with E-state index in [0.29, 0.717) is 59.2 Å². The van der Waals surface area contributed by atoms with Crippen LogP contribution in [0.2, 0.25) is 0 Å². The summed E-state index contributed by atoms with van der Waals surface area (Å²) in [7, 11) is 2.97. The van der Waals surface area contributed by atoms with Crippen molar-refractivity contribution in [2.24, 2.45) is 11.7 Å². The monoisotopic (exact) mass is 1090 g/mol. The van der Waals surface area contributed by atoms with Crippen LogP contribution in [0.1, 0.15) is 104 Å². The number of rotatable bonds is 16. The molecular weight excluding hydrogens is 1020 g/mol. The minimum absolute atomic E-state index is 0. The number of carboxylic acids is 1. The summed E-state index contributed by atoms with van der Waals surface area (Å²) >= 11 is 2.29. The number of nitrogens with two attached hydrogens (primary N) is 1. The van der Waals surface area contributed by atoms with Gasteiger partial charge in [-0.2, -0.15) is 20.4 Å². The van der Waals surface area contributed by atoms with Crippen molar-refractivity contribution in [3.05, 3.63) is 137 Å². The zero-order valence-electron chi connectivity index (χ0n) is 43.8. The number of aliphatic carboxylic acids is 1. The van der Waals surface area contributed by atoms with Gasteiger partial charge in [0.2, 0.25) is 0 Å². The van der Waals surface area contributed by atoms with E-state index >= 15 is 0 Å². The molecule has 6 heterocycles. The van der Waals surface area contributed by atoms with Crippen molar-refractivity contribution in [1.82, 2.24) is 48.3 Å². The van der Waals surface area contributed by atoms with Crippen molar-refractivity contribution in [1.29, 1.82) is 0 Å². The van der Waals surface area contributed by atoms with Crippen LogP contribution in [-0.2, 0) is 33.8 Å². The smallest absolute Gasteiger partial charge is 0.333 e. The van der Waals surface area contributed by atoms with Crippen LogP contribution >= 0.6 is 22.7 Å². The van der Waals surface area contributed by atoms with E-state index < -0.39 is 51.8 Å². The Bertz CT molecular complexity index is 3580. The van der Waals surface area contributed by atoms with Crippen LogP contribution in [0.4, 0.5) is 0 Å². The first-order chi connectivity index (χ1) is 35.3. The molecule has 0 saturated carbocycles. The maximum Gasteiger partial charge on any atom is 0.333 e. The maximum absolute atomic E-state index is 14.0. The van der Waals surface area contributed by atoms with Gasteiger partial charge in [-0.1, -0.05) is 94.2 Å². The number of aliphatic hydroxyl groups is 2. The normalized spacial score (nSPS) is 12.4. The number of benzene rings is 2. The third-order valence-corrected chi connectivity index (χ3v) is 14.8. The third-order valence-electron chi connectivity index (χ3n) is 12.2. The van der Waals surface area contributed by atoms with Crippen LogP contribution in [-0.4, -0.2) is 95.6 Å². The predicted molar refractivity (Wildman–Crippen MR) is 293 cm³/mol. The number of Topliss-reactive ketones (excluding diaryl/α,β-unsaturated/α-hetero) is 1. The Morgan fingerprint density at radius 3 is 1.32 bits per heavy atom. The fraction of sp³-hybridized carbons (Fsp3) is 0.423. The molecule has 2 atom stereocenters. The number of hydrogen-bond acceptors (Lipinski definition) is 17. The number of carbonyl (C=O) groups is 2. The lowest BCUT2D eigenvalue weighted by Crippen LogP contribution is -2.53. The van der Waals surface area contributed by atoms with Crippen LogP contribution in [0.25, 0.3) is 30.4 Å². The third kappa shape index (κ3) is 11.7. The molecule has 6 aromatic heterocycles. The molecule has 0 spiro atoms. The maximum atomic E-state index is 14.0. The number of hydrogen-bond donors (Lipinski definition) is 4. The quantitative estimate of drug-likeness (QED) is 0.0880. The topological polar surface area (TPSA) is 289 Å². The largest absolute Gasteiger partial charge is 0.496 e. The van der Waals surface area contributed by atoms with Crippen LogP contribution in [0.3, 0.4) is 0 Å². The Morgan fingerprint density at radius 1 is 0.645 bits per heavy atom. The van der Waals surface area contributed by atoms with Crippen molar-refractivity contribution >= 4 is 54.9 Å². The Hall–Kier alpha value is -7.38. The van der Waals surface area contributed by atoms with Gasteiger partial charge in [0.15, 0.2) is 5.78 Å². The molecule has 0 aliphatic carbocycles. The molecule has 8 aromatic rings.